The van der Waals surface area contributed by atoms with Gasteiger partial charge in [0.1, 0.15) is 24.3 Å². The van der Waals surface area contributed by atoms with Crippen molar-refractivity contribution in [2.24, 2.45) is 5.92 Å². The molecule has 2 saturated carbocycles. The maximum atomic E-state index is 13.4. The molecule has 0 saturated heterocycles. The molecule has 0 atom stereocenters. The van der Waals surface area contributed by atoms with Crippen molar-refractivity contribution in [3.63, 3.8) is 0 Å². The van der Waals surface area contributed by atoms with Crippen LogP contribution in [-0.2, 0) is 19.3 Å². The molecule has 3 heterocycles. The van der Waals surface area contributed by atoms with Gasteiger partial charge in [0.2, 0.25) is 5.88 Å². The molecule has 0 amide bonds. The highest BCUT2D eigenvalue weighted by atomic mass is 19.4. The molecule has 4 aromatic rings. The normalized spacial score (nSPS) is 15.2. The number of imidazole rings is 1. The molecule has 0 spiro atoms. The van der Waals surface area contributed by atoms with Gasteiger partial charge in [-0.2, -0.15) is 18.2 Å². The number of nitrogens with zero attached hydrogens (tertiary/aromatic N) is 6. The van der Waals surface area contributed by atoms with E-state index in [0.717, 1.165) is 43.1 Å². The SMILES string of the molecule is COc1cnc(-c2c(OC)ncnc2C2CC2)nc1OCc1ccc(-c2nc(C(F)(F)F)cn2CC2CC2)cc1. The lowest BCUT2D eigenvalue weighted by molar-refractivity contribution is -0.140. The minimum Gasteiger partial charge on any atom is -0.490 e. The summed E-state index contributed by atoms with van der Waals surface area (Å²) in [5.74, 6) is 2.36. The Bertz CT molecular complexity index is 1510. The Morgan fingerprint density at radius 3 is 2.35 bits per heavy atom. The summed E-state index contributed by atoms with van der Waals surface area (Å²) in [4.78, 5) is 21.6. The van der Waals surface area contributed by atoms with Gasteiger partial charge in [-0.25, -0.2) is 19.9 Å². The van der Waals surface area contributed by atoms with Crippen LogP contribution in [0.25, 0.3) is 22.8 Å². The van der Waals surface area contributed by atoms with Crippen LogP contribution in [0.1, 0.15) is 48.6 Å². The summed E-state index contributed by atoms with van der Waals surface area (Å²) in [6.07, 6.45) is 3.71. The summed E-state index contributed by atoms with van der Waals surface area (Å²) in [6.45, 7) is 0.675. The molecule has 0 bridgehead atoms. The van der Waals surface area contributed by atoms with Crippen molar-refractivity contribution < 1.29 is 27.4 Å². The molecule has 1 aromatic carbocycles. The maximum absolute atomic E-state index is 13.4. The largest absolute Gasteiger partial charge is 0.490 e. The Morgan fingerprint density at radius 1 is 0.925 bits per heavy atom. The van der Waals surface area contributed by atoms with E-state index in [1.54, 1.807) is 28.8 Å². The molecule has 0 aliphatic heterocycles. The number of halogens is 3. The molecule has 0 radical (unpaired) electrons. The van der Waals surface area contributed by atoms with Crippen LogP contribution in [0.4, 0.5) is 13.2 Å². The van der Waals surface area contributed by atoms with E-state index in [1.807, 2.05) is 0 Å². The van der Waals surface area contributed by atoms with Crippen LogP contribution < -0.4 is 14.2 Å². The highest BCUT2D eigenvalue weighted by molar-refractivity contribution is 5.66. The van der Waals surface area contributed by atoms with Crippen molar-refractivity contribution in [3.8, 4) is 40.3 Å². The minimum absolute atomic E-state index is 0.148. The molecule has 3 aromatic heterocycles. The van der Waals surface area contributed by atoms with Crippen molar-refractivity contribution in [1.82, 2.24) is 29.5 Å². The number of aromatic nitrogens is 6. The number of methoxy groups -OCH3 is 2. The van der Waals surface area contributed by atoms with Crippen LogP contribution >= 0.6 is 0 Å². The minimum atomic E-state index is -4.50. The van der Waals surface area contributed by atoms with Crippen molar-refractivity contribution in [3.05, 3.63) is 59.9 Å². The predicted molar refractivity (Wildman–Crippen MR) is 138 cm³/mol. The third-order valence-corrected chi connectivity index (χ3v) is 6.97. The van der Waals surface area contributed by atoms with Crippen LogP contribution in [0.2, 0.25) is 0 Å². The Hall–Kier alpha value is -4.22. The van der Waals surface area contributed by atoms with Crippen molar-refractivity contribution in [2.45, 2.75) is 50.9 Å². The van der Waals surface area contributed by atoms with Gasteiger partial charge >= 0.3 is 6.18 Å². The van der Waals surface area contributed by atoms with Crippen molar-refractivity contribution in [2.75, 3.05) is 14.2 Å². The number of ether oxygens (including phenoxy) is 3. The predicted octanol–water partition coefficient (Wildman–Crippen LogP) is 5.70. The van der Waals surface area contributed by atoms with Crippen molar-refractivity contribution in [1.29, 1.82) is 0 Å². The third kappa shape index (κ3) is 5.43. The summed E-state index contributed by atoms with van der Waals surface area (Å²) >= 11 is 0. The zero-order valence-corrected chi connectivity index (χ0v) is 22.0. The first-order valence-electron chi connectivity index (χ1n) is 13.0. The Labute approximate surface area is 228 Å². The van der Waals surface area contributed by atoms with Gasteiger partial charge in [-0.15, -0.1) is 0 Å². The summed E-state index contributed by atoms with van der Waals surface area (Å²) in [6, 6.07) is 7.10. The molecule has 12 heteroatoms. The average Bonchev–Trinajstić information content (AvgIpc) is 3.89. The van der Waals surface area contributed by atoms with Gasteiger partial charge in [0, 0.05) is 24.2 Å². The number of hydrogen-bond acceptors (Lipinski definition) is 8. The van der Waals surface area contributed by atoms with Gasteiger partial charge in [-0.3, -0.25) is 0 Å². The highest BCUT2D eigenvalue weighted by Crippen LogP contribution is 2.45. The van der Waals surface area contributed by atoms with Crippen LogP contribution in [0.3, 0.4) is 0 Å². The fourth-order valence-electron chi connectivity index (χ4n) is 4.53. The molecule has 9 nitrogen and oxygen atoms in total. The molecule has 6 rings (SSSR count). The second kappa shape index (κ2) is 10.4. The summed E-state index contributed by atoms with van der Waals surface area (Å²) in [5, 5.41) is 0. The Balaban J connectivity index is 1.23. The third-order valence-electron chi connectivity index (χ3n) is 6.97. The summed E-state index contributed by atoms with van der Waals surface area (Å²) < 4.78 is 58.6. The second-order valence-electron chi connectivity index (χ2n) is 10.0. The van der Waals surface area contributed by atoms with Gasteiger partial charge in [0.25, 0.3) is 5.88 Å². The van der Waals surface area contributed by atoms with Crippen LogP contribution in [0, 0.1) is 5.92 Å². The molecular weight excluding hydrogens is 525 g/mol. The first kappa shape index (κ1) is 26.0. The Kier molecular flexibility index (Phi) is 6.77. The number of benzene rings is 1. The summed E-state index contributed by atoms with van der Waals surface area (Å²) in [5.41, 5.74) is 1.98. The lowest BCUT2D eigenvalue weighted by atomic mass is 10.1. The van der Waals surface area contributed by atoms with Gasteiger partial charge in [-0.1, -0.05) is 24.3 Å². The highest BCUT2D eigenvalue weighted by Gasteiger charge is 2.36. The maximum Gasteiger partial charge on any atom is 0.434 e. The van der Waals surface area contributed by atoms with Crippen LogP contribution in [-0.4, -0.2) is 43.7 Å². The zero-order chi connectivity index (χ0) is 27.9. The first-order valence-corrected chi connectivity index (χ1v) is 13.0. The number of rotatable bonds is 10. The van der Waals surface area contributed by atoms with E-state index in [-0.39, 0.29) is 12.5 Å². The van der Waals surface area contributed by atoms with Crippen LogP contribution in [0.5, 0.6) is 17.5 Å². The molecule has 0 N–H and O–H groups in total. The van der Waals surface area contributed by atoms with E-state index in [0.29, 0.717) is 52.8 Å². The molecule has 0 unspecified atom stereocenters. The molecular formula is C28H27F3N6O3. The van der Waals surface area contributed by atoms with Gasteiger partial charge in [0.15, 0.2) is 17.3 Å². The van der Waals surface area contributed by atoms with Gasteiger partial charge < -0.3 is 18.8 Å². The standard InChI is InChI=1S/C28H27F3N6O3/c1-38-20-11-32-24(22-23(18-9-10-18)33-15-34-27(22)39-2)36-26(20)40-14-17-5-7-19(8-6-17)25-35-21(28(29,30)31)13-37(25)12-16-3-4-16/h5-8,11,13,15-16,18H,3-4,9-10,12,14H2,1-2H3. The van der Waals surface area contributed by atoms with E-state index < -0.39 is 11.9 Å². The monoisotopic (exact) mass is 552 g/mol. The van der Waals surface area contributed by atoms with E-state index in [9.17, 15) is 13.2 Å². The molecule has 40 heavy (non-hydrogen) atoms. The summed E-state index contributed by atoms with van der Waals surface area (Å²) in [7, 11) is 3.04. The smallest absolute Gasteiger partial charge is 0.434 e. The van der Waals surface area contributed by atoms with E-state index in [2.05, 4.69) is 24.9 Å². The fraction of sp³-hybridized carbons (Fsp3) is 0.393. The quantitative estimate of drug-likeness (QED) is 0.247. The lowest BCUT2D eigenvalue weighted by Crippen LogP contribution is -2.05. The van der Waals surface area contributed by atoms with Gasteiger partial charge in [0.05, 0.1) is 26.1 Å². The molecule has 2 fully saturated rings. The Morgan fingerprint density at radius 2 is 1.70 bits per heavy atom. The number of alkyl halides is 3. The van der Waals surface area contributed by atoms with E-state index >= 15 is 0 Å². The van der Waals surface area contributed by atoms with E-state index in [1.165, 1.54) is 26.7 Å². The van der Waals surface area contributed by atoms with Crippen LogP contribution in [0.15, 0.2) is 43.0 Å². The number of hydrogen-bond donors (Lipinski definition) is 0. The molecule has 208 valence electrons. The van der Waals surface area contributed by atoms with E-state index in [4.69, 9.17) is 14.2 Å². The fourth-order valence-corrected chi connectivity index (χ4v) is 4.53. The van der Waals surface area contributed by atoms with Gasteiger partial charge in [-0.05, 0) is 37.2 Å². The molecule has 2 aliphatic rings. The molecule has 2 aliphatic carbocycles. The zero-order valence-electron chi connectivity index (χ0n) is 22.0. The topological polar surface area (TPSA) is 97.1 Å². The average molecular weight is 553 g/mol. The second-order valence-corrected chi connectivity index (χ2v) is 10.0. The van der Waals surface area contributed by atoms with Crippen molar-refractivity contribution >= 4 is 0 Å². The lowest BCUT2D eigenvalue weighted by Gasteiger charge is -2.14. The first-order chi connectivity index (χ1) is 19.3.